The van der Waals surface area contributed by atoms with Gasteiger partial charge in [-0.05, 0) is 67.3 Å². The van der Waals surface area contributed by atoms with E-state index in [-0.39, 0.29) is 23.5 Å². The molecule has 6 heteroatoms. The van der Waals surface area contributed by atoms with E-state index in [0.717, 1.165) is 56.2 Å². The second-order valence-electron chi connectivity index (χ2n) is 9.72. The van der Waals surface area contributed by atoms with Gasteiger partial charge in [-0.2, -0.15) is 0 Å². The van der Waals surface area contributed by atoms with Crippen molar-refractivity contribution in [1.82, 2.24) is 10.2 Å². The lowest BCUT2D eigenvalue weighted by molar-refractivity contribution is -0.121. The molecule has 3 aliphatic rings. The highest BCUT2D eigenvalue weighted by Gasteiger charge is 2.36. The van der Waals surface area contributed by atoms with Crippen LogP contribution in [0.15, 0.2) is 48.6 Å². The van der Waals surface area contributed by atoms with Crippen LogP contribution in [0.1, 0.15) is 45.8 Å². The number of rotatable bonds is 6. The fourth-order valence-electron chi connectivity index (χ4n) is 5.61. The number of amides is 1. The normalized spacial score (nSPS) is 21.9. The van der Waals surface area contributed by atoms with Gasteiger partial charge in [0.15, 0.2) is 0 Å². The monoisotopic (exact) mass is 477 g/mol. The van der Waals surface area contributed by atoms with Crippen LogP contribution in [0.2, 0.25) is 5.02 Å². The highest BCUT2D eigenvalue weighted by atomic mass is 35.5. The zero-order valence-corrected chi connectivity index (χ0v) is 20.5. The summed E-state index contributed by atoms with van der Waals surface area (Å²) in [7, 11) is 0. The number of ketones is 1. The van der Waals surface area contributed by atoms with Crippen LogP contribution < -0.4 is 10.2 Å². The standard InChI is InChI=1S/C28H32ClN3O2/c1-19-6-8-22(29)18-26(19)32-14-12-31(13-15-32)11-3-10-30-28(34)20-7-9-23-21(16-20)17-27(33)25-5-2-4-24(23)25/h2,5-9,16,18,24-25H,3-4,10-15,17H2,1H3,(H,30,34). The first-order valence-corrected chi connectivity index (χ1v) is 12.7. The number of carbonyl (C=O) groups is 2. The molecule has 2 atom stereocenters. The molecule has 0 radical (unpaired) electrons. The largest absolute Gasteiger partial charge is 0.369 e. The van der Waals surface area contributed by atoms with Crippen LogP contribution in [0.4, 0.5) is 5.69 Å². The van der Waals surface area contributed by atoms with Gasteiger partial charge in [0.05, 0.1) is 0 Å². The van der Waals surface area contributed by atoms with Crippen molar-refractivity contribution < 1.29 is 9.59 Å². The molecule has 0 bridgehead atoms. The summed E-state index contributed by atoms with van der Waals surface area (Å²) in [6.45, 7) is 7.74. The van der Waals surface area contributed by atoms with Crippen molar-refractivity contribution >= 4 is 29.0 Å². The fourth-order valence-corrected chi connectivity index (χ4v) is 5.78. The number of anilines is 1. The molecular formula is C28H32ClN3O2. The average molecular weight is 478 g/mol. The minimum Gasteiger partial charge on any atom is -0.369 e. The molecule has 5 nitrogen and oxygen atoms in total. The minimum absolute atomic E-state index is 0.0311. The predicted octanol–water partition coefficient (Wildman–Crippen LogP) is 4.38. The molecule has 1 N–H and O–H groups in total. The van der Waals surface area contributed by atoms with Crippen molar-refractivity contribution in [3.8, 4) is 0 Å². The number of fused-ring (bicyclic) bond motifs is 3. The third kappa shape index (κ3) is 4.77. The Morgan fingerprint density at radius 1 is 1.12 bits per heavy atom. The second-order valence-corrected chi connectivity index (χ2v) is 10.2. The maximum Gasteiger partial charge on any atom is 0.251 e. The van der Waals surface area contributed by atoms with Crippen LogP contribution in [0.5, 0.6) is 0 Å². The number of nitrogens with zero attached hydrogens (tertiary/aromatic N) is 2. The lowest BCUT2D eigenvalue weighted by atomic mass is 9.75. The van der Waals surface area contributed by atoms with Gasteiger partial charge in [-0.15, -0.1) is 0 Å². The number of benzene rings is 2. The summed E-state index contributed by atoms with van der Waals surface area (Å²) < 4.78 is 0. The van der Waals surface area contributed by atoms with Crippen molar-refractivity contribution in [2.24, 2.45) is 5.92 Å². The molecule has 178 valence electrons. The van der Waals surface area contributed by atoms with E-state index < -0.39 is 0 Å². The lowest BCUT2D eigenvalue weighted by Crippen LogP contribution is -2.47. The maximum absolute atomic E-state index is 12.7. The minimum atomic E-state index is -0.0526. The number of halogens is 1. The van der Waals surface area contributed by atoms with Crippen molar-refractivity contribution in [2.45, 2.75) is 32.1 Å². The molecule has 0 saturated carbocycles. The Balaban J connectivity index is 1.07. The van der Waals surface area contributed by atoms with Crippen molar-refractivity contribution in [3.63, 3.8) is 0 Å². The summed E-state index contributed by atoms with van der Waals surface area (Å²) in [6.07, 6.45) is 6.43. The van der Waals surface area contributed by atoms with E-state index in [4.69, 9.17) is 11.6 Å². The van der Waals surface area contributed by atoms with E-state index in [1.807, 2.05) is 18.2 Å². The zero-order chi connectivity index (χ0) is 23.7. The van der Waals surface area contributed by atoms with E-state index >= 15 is 0 Å². The number of carbonyl (C=O) groups excluding carboxylic acids is 2. The predicted molar refractivity (Wildman–Crippen MR) is 137 cm³/mol. The number of nitrogens with one attached hydrogen (secondary N) is 1. The number of hydrogen-bond donors (Lipinski definition) is 1. The smallest absolute Gasteiger partial charge is 0.251 e. The maximum atomic E-state index is 12.7. The van der Waals surface area contributed by atoms with Crippen LogP contribution in [-0.4, -0.2) is 55.9 Å². The molecule has 2 aromatic carbocycles. The first-order valence-electron chi connectivity index (χ1n) is 12.3. The number of hydrogen-bond acceptors (Lipinski definition) is 4. The van der Waals surface area contributed by atoms with Gasteiger partial charge in [0, 0.05) is 67.3 Å². The Morgan fingerprint density at radius 2 is 1.94 bits per heavy atom. The van der Waals surface area contributed by atoms with Crippen molar-refractivity contribution in [3.05, 3.63) is 75.8 Å². The fraction of sp³-hybridized carbons (Fsp3) is 0.429. The molecule has 1 aliphatic heterocycles. The van der Waals surface area contributed by atoms with E-state index in [0.29, 0.717) is 18.5 Å². The SMILES string of the molecule is Cc1ccc(Cl)cc1N1CCN(CCCNC(=O)c2ccc3c(c2)CC(=O)C2C=CCC32)CC1. The molecule has 1 saturated heterocycles. The van der Waals surface area contributed by atoms with Gasteiger partial charge >= 0.3 is 0 Å². The molecule has 1 heterocycles. The molecular weight excluding hydrogens is 446 g/mol. The zero-order valence-electron chi connectivity index (χ0n) is 19.7. The number of Topliss-reactive ketones (excluding diaryl/α,β-unsaturated/α-hetero) is 1. The first kappa shape index (κ1) is 23.1. The van der Waals surface area contributed by atoms with Gasteiger partial charge in [-0.1, -0.05) is 35.9 Å². The Hall–Kier alpha value is -2.63. The van der Waals surface area contributed by atoms with Crippen molar-refractivity contribution in [1.29, 1.82) is 0 Å². The summed E-state index contributed by atoms with van der Waals surface area (Å²) >= 11 is 6.19. The van der Waals surface area contributed by atoms with Gasteiger partial charge in [-0.3, -0.25) is 14.5 Å². The Morgan fingerprint density at radius 3 is 2.76 bits per heavy atom. The van der Waals surface area contributed by atoms with E-state index in [2.05, 4.69) is 52.4 Å². The topological polar surface area (TPSA) is 52.6 Å². The number of allylic oxidation sites excluding steroid dienone is 2. The quantitative estimate of drug-likeness (QED) is 0.495. The van der Waals surface area contributed by atoms with Gasteiger partial charge in [0.1, 0.15) is 5.78 Å². The Bertz CT molecular complexity index is 1120. The third-order valence-electron chi connectivity index (χ3n) is 7.53. The summed E-state index contributed by atoms with van der Waals surface area (Å²) in [5.41, 5.74) is 5.40. The van der Waals surface area contributed by atoms with Crippen LogP contribution in [0.3, 0.4) is 0 Å². The first-order chi connectivity index (χ1) is 16.5. The summed E-state index contributed by atoms with van der Waals surface area (Å²) in [4.78, 5) is 30.0. The van der Waals surface area contributed by atoms with Crippen LogP contribution in [0, 0.1) is 12.8 Å². The number of piperazine rings is 1. The van der Waals surface area contributed by atoms with Gasteiger partial charge < -0.3 is 10.2 Å². The Kier molecular flexibility index (Phi) is 6.75. The van der Waals surface area contributed by atoms with Crippen molar-refractivity contribution in [2.75, 3.05) is 44.2 Å². The highest BCUT2D eigenvalue weighted by molar-refractivity contribution is 6.30. The van der Waals surface area contributed by atoms with Crippen LogP contribution >= 0.6 is 11.6 Å². The highest BCUT2D eigenvalue weighted by Crippen LogP contribution is 2.41. The van der Waals surface area contributed by atoms with Gasteiger partial charge in [0.25, 0.3) is 5.91 Å². The summed E-state index contributed by atoms with van der Waals surface area (Å²) in [6, 6.07) is 12.0. The van der Waals surface area contributed by atoms with E-state index in [1.165, 1.54) is 16.8 Å². The molecule has 2 unspecified atom stereocenters. The summed E-state index contributed by atoms with van der Waals surface area (Å²) in [5.74, 6) is 0.512. The van der Waals surface area contributed by atoms with Gasteiger partial charge in [0.2, 0.25) is 0 Å². The summed E-state index contributed by atoms with van der Waals surface area (Å²) in [5, 5.41) is 3.84. The van der Waals surface area contributed by atoms with E-state index in [9.17, 15) is 9.59 Å². The molecule has 2 aliphatic carbocycles. The molecule has 0 spiro atoms. The Labute approximate surface area is 206 Å². The molecule has 5 rings (SSSR count). The van der Waals surface area contributed by atoms with Gasteiger partial charge in [-0.25, -0.2) is 0 Å². The molecule has 1 fully saturated rings. The average Bonchev–Trinajstić information content (AvgIpc) is 3.34. The lowest BCUT2D eigenvalue weighted by Gasteiger charge is -2.37. The molecule has 2 aromatic rings. The number of aryl methyl sites for hydroxylation is 1. The molecule has 1 amide bonds. The van der Waals surface area contributed by atoms with E-state index in [1.54, 1.807) is 0 Å². The van der Waals surface area contributed by atoms with Crippen LogP contribution in [-0.2, 0) is 11.2 Å². The third-order valence-corrected chi connectivity index (χ3v) is 7.76. The molecule has 34 heavy (non-hydrogen) atoms. The van der Waals surface area contributed by atoms with Crippen LogP contribution in [0.25, 0.3) is 0 Å². The second kappa shape index (κ2) is 9.93. The molecule has 0 aromatic heterocycles.